The summed E-state index contributed by atoms with van der Waals surface area (Å²) < 4.78 is 2.10. The molecule has 1 heterocycles. The Morgan fingerprint density at radius 2 is 2.10 bits per heavy atom. The maximum absolute atomic E-state index is 10.5. The summed E-state index contributed by atoms with van der Waals surface area (Å²) in [6, 6.07) is 5.78. The number of aliphatic hydroxyl groups is 1. The van der Waals surface area contributed by atoms with E-state index in [4.69, 9.17) is 11.6 Å². The summed E-state index contributed by atoms with van der Waals surface area (Å²) >= 11 is 6.02. The highest BCUT2D eigenvalue weighted by molar-refractivity contribution is 6.31. The Kier molecular flexibility index (Phi) is 3.95. The molecule has 2 aromatic rings. The van der Waals surface area contributed by atoms with Crippen molar-refractivity contribution in [2.24, 2.45) is 7.05 Å². The third-order valence-corrected chi connectivity index (χ3v) is 4.68. The largest absolute Gasteiger partial charge is 0.389 e. The topological polar surface area (TPSA) is 41.3 Å². The van der Waals surface area contributed by atoms with Gasteiger partial charge in [-0.05, 0) is 38.1 Å². The van der Waals surface area contributed by atoms with Crippen molar-refractivity contribution in [3.8, 4) is 0 Å². The quantitative estimate of drug-likeness (QED) is 0.944. The summed E-state index contributed by atoms with van der Waals surface area (Å²) in [4.78, 5) is 6.83. The van der Waals surface area contributed by atoms with E-state index in [1.54, 1.807) is 0 Å². The molecule has 1 saturated carbocycles. The first-order valence-corrected chi connectivity index (χ1v) is 7.86. The van der Waals surface area contributed by atoms with Gasteiger partial charge in [-0.3, -0.25) is 4.90 Å². The molecule has 1 aliphatic rings. The molecule has 1 aliphatic carbocycles. The first kappa shape index (κ1) is 14.8. The number of hydrogen-bond acceptors (Lipinski definition) is 3. The van der Waals surface area contributed by atoms with Gasteiger partial charge in [-0.15, -0.1) is 0 Å². The third kappa shape index (κ3) is 3.07. The summed E-state index contributed by atoms with van der Waals surface area (Å²) in [5.41, 5.74) is 1.50. The van der Waals surface area contributed by atoms with Crippen LogP contribution in [0, 0.1) is 0 Å². The number of hydrogen-bond donors (Lipinski definition) is 1. The number of imidazole rings is 1. The predicted molar refractivity (Wildman–Crippen MR) is 85.5 cm³/mol. The van der Waals surface area contributed by atoms with Crippen LogP contribution in [0.4, 0.5) is 0 Å². The van der Waals surface area contributed by atoms with Crippen molar-refractivity contribution >= 4 is 22.6 Å². The molecule has 5 heteroatoms. The fourth-order valence-corrected chi connectivity index (χ4v) is 3.52. The smallest absolute Gasteiger partial charge is 0.123 e. The lowest BCUT2D eigenvalue weighted by molar-refractivity contribution is 0.0138. The number of rotatable bonds is 4. The zero-order chi connectivity index (χ0) is 15.0. The molecule has 0 radical (unpaired) electrons. The lowest BCUT2D eigenvalue weighted by atomic mass is 10.0. The van der Waals surface area contributed by atoms with Gasteiger partial charge in [0.25, 0.3) is 0 Å². The minimum Gasteiger partial charge on any atom is -0.389 e. The van der Waals surface area contributed by atoms with Crippen LogP contribution in [0.25, 0.3) is 11.0 Å². The Labute approximate surface area is 130 Å². The Balaban J connectivity index is 1.76. The van der Waals surface area contributed by atoms with Crippen LogP contribution in [0.15, 0.2) is 18.2 Å². The van der Waals surface area contributed by atoms with Crippen molar-refractivity contribution in [1.29, 1.82) is 0 Å². The molecule has 0 amide bonds. The van der Waals surface area contributed by atoms with Crippen molar-refractivity contribution in [3.05, 3.63) is 29.0 Å². The summed E-state index contributed by atoms with van der Waals surface area (Å²) in [5, 5.41) is 11.2. The average molecular weight is 308 g/mol. The first-order valence-electron chi connectivity index (χ1n) is 7.49. The molecule has 1 fully saturated rings. The normalized spacial score (nSPS) is 18.0. The molecule has 0 aliphatic heterocycles. The number of benzene rings is 1. The second-order valence-corrected chi connectivity index (χ2v) is 6.76. The van der Waals surface area contributed by atoms with Crippen LogP contribution < -0.4 is 0 Å². The van der Waals surface area contributed by atoms with Crippen LogP contribution in [0.3, 0.4) is 0 Å². The van der Waals surface area contributed by atoms with Crippen LogP contribution in [0.5, 0.6) is 0 Å². The fourth-order valence-electron chi connectivity index (χ4n) is 3.36. The van der Waals surface area contributed by atoms with E-state index in [9.17, 15) is 5.11 Å². The van der Waals surface area contributed by atoms with Crippen LogP contribution in [-0.4, -0.2) is 38.8 Å². The molecule has 1 aromatic carbocycles. The monoisotopic (exact) mass is 307 g/mol. The van der Waals surface area contributed by atoms with E-state index in [-0.39, 0.29) is 0 Å². The summed E-state index contributed by atoms with van der Waals surface area (Å²) in [7, 11) is 4.07. The van der Waals surface area contributed by atoms with Crippen molar-refractivity contribution in [3.63, 3.8) is 0 Å². The number of aromatic nitrogens is 2. The van der Waals surface area contributed by atoms with Gasteiger partial charge in [0.2, 0.25) is 0 Å². The van der Waals surface area contributed by atoms with Gasteiger partial charge >= 0.3 is 0 Å². The Morgan fingerprint density at radius 3 is 2.81 bits per heavy atom. The summed E-state index contributed by atoms with van der Waals surface area (Å²) in [6.07, 6.45) is 4.09. The Morgan fingerprint density at radius 1 is 1.38 bits per heavy atom. The van der Waals surface area contributed by atoms with Gasteiger partial charge in [0.1, 0.15) is 5.82 Å². The Bertz CT molecular complexity index is 646. The van der Waals surface area contributed by atoms with Gasteiger partial charge in [0, 0.05) is 18.6 Å². The molecule has 21 heavy (non-hydrogen) atoms. The molecule has 0 bridgehead atoms. The molecular formula is C16H22ClN3O. The van der Waals surface area contributed by atoms with Crippen LogP contribution in [0.1, 0.15) is 31.5 Å². The molecular weight excluding hydrogens is 286 g/mol. The maximum atomic E-state index is 10.5. The molecule has 0 atom stereocenters. The van der Waals surface area contributed by atoms with Crippen LogP contribution in [0.2, 0.25) is 5.02 Å². The van der Waals surface area contributed by atoms with Crippen molar-refractivity contribution in [2.45, 2.75) is 37.8 Å². The number of nitrogens with zero attached hydrogens (tertiary/aromatic N) is 3. The molecule has 1 N–H and O–H groups in total. The zero-order valence-electron chi connectivity index (χ0n) is 12.6. The molecule has 3 rings (SSSR count). The minimum absolute atomic E-state index is 0.511. The number of aryl methyl sites for hydroxylation is 1. The molecule has 1 aromatic heterocycles. The van der Waals surface area contributed by atoms with Crippen LogP contribution >= 0.6 is 11.6 Å². The van der Waals surface area contributed by atoms with Gasteiger partial charge in [-0.1, -0.05) is 24.4 Å². The number of likely N-dealkylation sites (N-methyl/N-ethyl adjacent to an activating group) is 1. The van der Waals surface area contributed by atoms with E-state index in [1.807, 2.05) is 32.3 Å². The van der Waals surface area contributed by atoms with Gasteiger partial charge < -0.3 is 9.67 Å². The minimum atomic E-state index is -0.511. The first-order chi connectivity index (χ1) is 9.97. The molecule has 0 saturated heterocycles. The van der Waals surface area contributed by atoms with Crippen molar-refractivity contribution in [1.82, 2.24) is 14.5 Å². The number of halogens is 1. The molecule has 4 nitrogen and oxygen atoms in total. The average Bonchev–Trinajstić information content (AvgIpc) is 2.95. The van der Waals surface area contributed by atoms with Gasteiger partial charge in [-0.25, -0.2) is 4.98 Å². The molecule has 0 unspecified atom stereocenters. The lowest BCUT2D eigenvalue weighted by Crippen LogP contribution is -2.39. The summed E-state index contributed by atoms with van der Waals surface area (Å²) in [6.45, 7) is 1.43. The standard InChI is InChI=1S/C16H22ClN3O/c1-19(11-16(21)7-3-4-8-16)10-15-18-13-9-12(17)5-6-14(13)20(15)2/h5-6,9,21H,3-4,7-8,10-11H2,1-2H3. The van der Waals surface area contributed by atoms with E-state index in [1.165, 1.54) is 0 Å². The van der Waals surface area contributed by atoms with Gasteiger partial charge in [0.15, 0.2) is 0 Å². The highest BCUT2D eigenvalue weighted by Gasteiger charge is 2.32. The predicted octanol–water partition coefficient (Wildman–Crippen LogP) is 2.96. The van der Waals surface area contributed by atoms with E-state index in [0.717, 1.165) is 49.1 Å². The third-order valence-electron chi connectivity index (χ3n) is 4.45. The highest BCUT2D eigenvalue weighted by atomic mass is 35.5. The van der Waals surface area contributed by atoms with E-state index in [0.29, 0.717) is 11.6 Å². The van der Waals surface area contributed by atoms with Crippen molar-refractivity contribution < 1.29 is 5.11 Å². The van der Waals surface area contributed by atoms with Crippen molar-refractivity contribution in [2.75, 3.05) is 13.6 Å². The molecule has 0 spiro atoms. The second kappa shape index (κ2) is 5.59. The van der Waals surface area contributed by atoms with E-state index in [2.05, 4.69) is 14.5 Å². The van der Waals surface area contributed by atoms with E-state index < -0.39 is 5.60 Å². The zero-order valence-corrected chi connectivity index (χ0v) is 13.4. The Hall–Kier alpha value is -1.10. The second-order valence-electron chi connectivity index (χ2n) is 6.32. The molecule has 114 valence electrons. The highest BCUT2D eigenvalue weighted by Crippen LogP contribution is 2.30. The van der Waals surface area contributed by atoms with E-state index >= 15 is 0 Å². The van der Waals surface area contributed by atoms with Gasteiger partial charge in [-0.2, -0.15) is 0 Å². The lowest BCUT2D eigenvalue weighted by Gasteiger charge is -2.28. The number of fused-ring (bicyclic) bond motifs is 1. The van der Waals surface area contributed by atoms with Crippen LogP contribution in [-0.2, 0) is 13.6 Å². The van der Waals surface area contributed by atoms with Gasteiger partial charge in [0.05, 0.1) is 23.2 Å². The maximum Gasteiger partial charge on any atom is 0.123 e. The fraction of sp³-hybridized carbons (Fsp3) is 0.562. The SMILES string of the molecule is CN(Cc1nc2cc(Cl)ccc2n1C)CC1(O)CCCC1. The summed E-state index contributed by atoms with van der Waals surface area (Å²) in [5.74, 6) is 0.997.